The van der Waals surface area contributed by atoms with E-state index in [2.05, 4.69) is 25.8 Å². The van der Waals surface area contributed by atoms with Gasteiger partial charge in [-0.05, 0) is 38.0 Å². The van der Waals surface area contributed by atoms with Gasteiger partial charge in [0.2, 0.25) is 0 Å². The van der Waals surface area contributed by atoms with Crippen molar-refractivity contribution < 1.29 is 4.74 Å². The van der Waals surface area contributed by atoms with Crippen molar-refractivity contribution in [3.8, 4) is 0 Å². The number of hydrogen-bond acceptors (Lipinski definition) is 2. The van der Waals surface area contributed by atoms with E-state index in [1.54, 1.807) is 6.20 Å². The standard InChI is InChI=1S/C11H16ClNO/c1-4-11(2,3)14-8-9-5-6-13-10(12)7-9/h5-7H,4,8H2,1-3H3. The van der Waals surface area contributed by atoms with E-state index in [1.165, 1.54) is 0 Å². The first kappa shape index (κ1) is 11.5. The molecule has 0 amide bonds. The number of hydrogen-bond donors (Lipinski definition) is 0. The minimum Gasteiger partial charge on any atom is -0.371 e. The number of ether oxygens (including phenoxy) is 1. The molecule has 14 heavy (non-hydrogen) atoms. The van der Waals surface area contributed by atoms with Crippen LogP contribution < -0.4 is 0 Å². The second-order valence-corrected chi connectivity index (χ2v) is 4.28. The third kappa shape index (κ3) is 3.64. The lowest BCUT2D eigenvalue weighted by Crippen LogP contribution is -2.22. The summed E-state index contributed by atoms with van der Waals surface area (Å²) in [7, 11) is 0. The largest absolute Gasteiger partial charge is 0.371 e. The van der Waals surface area contributed by atoms with Crippen LogP contribution in [-0.4, -0.2) is 10.6 Å². The molecule has 0 aliphatic heterocycles. The Bertz CT molecular complexity index is 299. The van der Waals surface area contributed by atoms with Gasteiger partial charge in [0.1, 0.15) is 5.15 Å². The molecular weight excluding hydrogens is 198 g/mol. The fourth-order valence-electron chi connectivity index (χ4n) is 0.913. The lowest BCUT2D eigenvalue weighted by atomic mass is 10.1. The third-order valence-corrected chi connectivity index (χ3v) is 2.48. The molecule has 78 valence electrons. The van der Waals surface area contributed by atoms with E-state index in [0.717, 1.165) is 12.0 Å². The smallest absolute Gasteiger partial charge is 0.129 e. The van der Waals surface area contributed by atoms with E-state index in [1.807, 2.05) is 12.1 Å². The summed E-state index contributed by atoms with van der Waals surface area (Å²) in [5.74, 6) is 0. The second kappa shape index (κ2) is 4.76. The van der Waals surface area contributed by atoms with E-state index >= 15 is 0 Å². The topological polar surface area (TPSA) is 22.1 Å². The minimum atomic E-state index is -0.0737. The van der Waals surface area contributed by atoms with Crippen LogP contribution in [0.25, 0.3) is 0 Å². The number of nitrogens with zero attached hydrogens (tertiary/aromatic N) is 1. The first-order valence-corrected chi connectivity index (χ1v) is 5.16. The molecule has 0 unspecified atom stereocenters. The van der Waals surface area contributed by atoms with E-state index in [-0.39, 0.29) is 5.60 Å². The predicted molar refractivity (Wildman–Crippen MR) is 58.4 cm³/mol. The molecule has 0 bridgehead atoms. The molecule has 1 aromatic heterocycles. The van der Waals surface area contributed by atoms with E-state index in [4.69, 9.17) is 16.3 Å². The molecule has 2 nitrogen and oxygen atoms in total. The molecular formula is C11H16ClNO. The van der Waals surface area contributed by atoms with Crippen molar-refractivity contribution in [1.82, 2.24) is 4.98 Å². The highest BCUT2D eigenvalue weighted by atomic mass is 35.5. The van der Waals surface area contributed by atoms with Crippen LogP contribution in [0.2, 0.25) is 5.15 Å². The molecule has 0 radical (unpaired) electrons. The van der Waals surface area contributed by atoms with Crippen LogP contribution in [0.3, 0.4) is 0 Å². The predicted octanol–water partition coefficient (Wildman–Crippen LogP) is 3.44. The van der Waals surface area contributed by atoms with Gasteiger partial charge in [0, 0.05) is 6.20 Å². The zero-order valence-electron chi connectivity index (χ0n) is 8.88. The first-order chi connectivity index (χ1) is 6.53. The molecule has 0 fully saturated rings. The Morgan fingerprint density at radius 1 is 1.50 bits per heavy atom. The number of halogens is 1. The van der Waals surface area contributed by atoms with Crippen LogP contribution in [0.15, 0.2) is 18.3 Å². The van der Waals surface area contributed by atoms with Crippen molar-refractivity contribution in [3.63, 3.8) is 0 Å². The lowest BCUT2D eigenvalue weighted by Gasteiger charge is -2.23. The molecule has 0 spiro atoms. The Morgan fingerprint density at radius 2 is 2.21 bits per heavy atom. The highest BCUT2D eigenvalue weighted by molar-refractivity contribution is 6.29. The molecule has 0 N–H and O–H groups in total. The van der Waals surface area contributed by atoms with Crippen LogP contribution in [0.1, 0.15) is 32.8 Å². The third-order valence-electron chi connectivity index (χ3n) is 2.27. The minimum absolute atomic E-state index is 0.0737. The fourth-order valence-corrected chi connectivity index (χ4v) is 1.11. The molecule has 0 aromatic carbocycles. The van der Waals surface area contributed by atoms with E-state index in [0.29, 0.717) is 11.8 Å². The zero-order chi connectivity index (χ0) is 10.6. The van der Waals surface area contributed by atoms with E-state index < -0.39 is 0 Å². The molecule has 0 aliphatic rings. The Hall–Kier alpha value is -0.600. The number of pyridine rings is 1. The summed E-state index contributed by atoms with van der Waals surface area (Å²) in [6.07, 6.45) is 2.69. The second-order valence-electron chi connectivity index (χ2n) is 3.89. The van der Waals surface area contributed by atoms with Crippen molar-refractivity contribution in [1.29, 1.82) is 0 Å². The van der Waals surface area contributed by atoms with Crippen molar-refractivity contribution in [2.45, 2.75) is 39.4 Å². The molecule has 1 rings (SSSR count). The van der Waals surface area contributed by atoms with Gasteiger partial charge in [-0.2, -0.15) is 0 Å². The average molecular weight is 214 g/mol. The highest BCUT2D eigenvalue weighted by Crippen LogP contribution is 2.17. The zero-order valence-corrected chi connectivity index (χ0v) is 9.64. The first-order valence-electron chi connectivity index (χ1n) is 4.78. The summed E-state index contributed by atoms with van der Waals surface area (Å²) in [5, 5.41) is 0.514. The SMILES string of the molecule is CCC(C)(C)OCc1ccnc(Cl)c1. The molecule has 1 heterocycles. The van der Waals surface area contributed by atoms with Crippen molar-refractivity contribution in [2.24, 2.45) is 0 Å². The Morgan fingerprint density at radius 3 is 2.79 bits per heavy atom. The normalized spacial score (nSPS) is 11.7. The Labute approximate surface area is 90.3 Å². The average Bonchev–Trinajstić information content (AvgIpc) is 2.15. The maximum Gasteiger partial charge on any atom is 0.129 e. The van der Waals surface area contributed by atoms with Crippen molar-refractivity contribution in [3.05, 3.63) is 29.0 Å². The maximum atomic E-state index is 5.76. The van der Waals surface area contributed by atoms with Gasteiger partial charge < -0.3 is 4.74 Å². The summed E-state index contributed by atoms with van der Waals surface area (Å²) < 4.78 is 5.73. The van der Waals surface area contributed by atoms with Gasteiger partial charge in [0.15, 0.2) is 0 Å². The number of aromatic nitrogens is 1. The van der Waals surface area contributed by atoms with Crippen LogP contribution in [-0.2, 0) is 11.3 Å². The molecule has 3 heteroatoms. The summed E-state index contributed by atoms with van der Waals surface area (Å²) >= 11 is 5.76. The monoisotopic (exact) mass is 213 g/mol. The lowest BCUT2D eigenvalue weighted by molar-refractivity contribution is -0.0316. The van der Waals surface area contributed by atoms with Crippen LogP contribution in [0, 0.1) is 0 Å². The van der Waals surface area contributed by atoms with Crippen LogP contribution in [0.5, 0.6) is 0 Å². The van der Waals surface area contributed by atoms with Gasteiger partial charge in [0.05, 0.1) is 12.2 Å². The van der Waals surface area contributed by atoms with Crippen molar-refractivity contribution in [2.75, 3.05) is 0 Å². The summed E-state index contributed by atoms with van der Waals surface area (Å²) in [5.41, 5.74) is 0.988. The van der Waals surface area contributed by atoms with Gasteiger partial charge in [-0.15, -0.1) is 0 Å². The molecule has 0 atom stereocenters. The number of rotatable bonds is 4. The van der Waals surface area contributed by atoms with Crippen molar-refractivity contribution >= 4 is 11.6 Å². The van der Waals surface area contributed by atoms with Gasteiger partial charge in [0.25, 0.3) is 0 Å². The summed E-state index contributed by atoms with van der Waals surface area (Å²) in [6, 6.07) is 3.74. The maximum absolute atomic E-state index is 5.76. The summed E-state index contributed by atoms with van der Waals surface area (Å²) in [4.78, 5) is 3.91. The molecule has 0 saturated carbocycles. The Balaban J connectivity index is 2.54. The highest BCUT2D eigenvalue weighted by Gasteiger charge is 2.14. The summed E-state index contributed by atoms with van der Waals surface area (Å²) in [6.45, 7) is 6.86. The van der Waals surface area contributed by atoms with Crippen LogP contribution >= 0.6 is 11.6 Å². The fraction of sp³-hybridized carbons (Fsp3) is 0.545. The molecule has 1 aromatic rings. The molecule has 0 saturated heterocycles. The van der Waals surface area contributed by atoms with Gasteiger partial charge >= 0.3 is 0 Å². The van der Waals surface area contributed by atoms with Gasteiger partial charge in [-0.25, -0.2) is 4.98 Å². The van der Waals surface area contributed by atoms with Gasteiger partial charge in [-0.1, -0.05) is 18.5 Å². The van der Waals surface area contributed by atoms with Crippen LogP contribution in [0.4, 0.5) is 0 Å². The van der Waals surface area contributed by atoms with Gasteiger partial charge in [-0.3, -0.25) is 0 Å². The quantitative estimate of drug-likeness (QED) is 0.715. The van der Waals surface area contributed by atoms with E-state index in [9.17, 15) is 0 Å². The Kier molecular flexibility index (Phi) is 3.90. The molecule has 0 aliphatic carbocycles.